The van der Waals surface area contributed by atoms with Crippen LogP contribution in [-0.2, 0) is 4.84 Å². The zero-order valence-corrected chi connectivity index (χ0v) is 10.5. The molecule has 1 aromatic heterocycles. The Morgan fingerprint density at radius 2 is 2.00 bits per heavy atom. The molecule has 0 fully saturated rings. The van der Waals surface area contributed by atoms with Crippen LogP contribution in [0.1, 0.15) is 16.2 Å². The highest BCUT2D eigenvalue weighted by molar-refractivity contribution is 5.91. The molecule has 0 aliphatic carbocycles. The predicted molar refractivity (Wildman–Crippen MR) is 65.8 cm³/mol. The summed E-state index contributed by atoms with van der Waals surface area (Å²) in [5, 5.41) is 1.10. The number of oxazole rings is 1. The van der Waals surface area contributed by atoms with Crippen LogP contribution >= 0.6 is 0 Å². The molecule has 1 heterocycles. The van der Waals surface area contributed by atoms with Gasteiger partial charge in [0, 0.05) is 12.6 Å². The Morgan fingerprint density at radius 1 is 1.33 bits per heavy atom. The van der Waals surface area contributed by atoms with Gasteiger partial charge in [-0.2, -0.15) is 0 Å². The average molecular weight is 246 g/mol. The van der Waals surface area contributed by atoms with E-state index in [1.807, 2.05) is 30.3 Å². The molecular weight excluding hydrogens is 232 g/mol. The number of rotatable bonds is 3. The van der Waals surface area contributed by atoms with Gasteiger partial charge in [0.1, 0.15) is 0 Å². The second-order valence-corrected chi connectivity index (χ2v) is 3.78. The fraction of sp³-hybridized carbons (Fsp3) is 0.231. The van der Waals surface area contributed by atoms with E-state index in [0.29, 0.717) is 11.6 Å². The first-order chi connectivity index (χ1) is 8.63. The molecule has 0 N–H and O–H groups in total. The minimum atomic E-state index is -0.357. The van der Waals surface area contributed by atoms with Crippen LogP contribution < -0.4 is 0 Å². The minimum absolute atomic E-state index is 0.193. The fourth-order valence-electron chi connectivity index (χ4n) is 1.52. The molecule has 18 heavy (non-hydrogen) atoms. The highest BCUT2D eigenvalue weighted by Crippen LogP contribution is 2.22. The molecule has 0 spiro atoms. The van der Waals surface area contributed by atoms with Crippen LogP contribution in [0.15, 0.2) is 34.7 Å². The summed E-state index contributed by atoms with van der Waals surface area (Å²) in [5.41, 5.74) is 1.38. The van der Waals surface area contributed by atoms with Gasteiger partial charge in [-0.3, -0.25) is 9.63 Å². The second-order valence-electron chi connectivity index (χ2n) is 3.78. The van der Waals surface area contributed by atoms with Gasteiger partial charge < -0.3 is 4.42 Å². The average Bonchev–Trinajstić information content (AvgIpc) is 2.80. The van der Waals surface area contributed by atoms with Gasteiger partial charge in [-0.1, -0.05) is 18.2 Å². The number of hydroxylamine groups is 2. The molecule has 0 atom stereocenters. The molecule has 0 aliphatic heterocycles. The first-order valence-electron chi connectivity index (χ1n) is 5.48. The van der Waals surface area contributed by atoms with Gasteiger partial charge in [-0.15, -0.1) is 0 Å². The highest BCUT2D eigenvalue weighted by atomic mass is 16.7. The summed E-state index contributed by atoms with van der Waals surface area (Å²) in [6, 6.07) is 9.43. The molecule has 0 unspecified atom stereocenters. The number of aryl methyl sites for hydroxylation is 1. The summed E-state index contributed by atoms with van der Waals surface area (Å²) in [5.74, 6) is 0.267. The molecule has 5 nitrogen and oxygen atoms in total. The Kier molecular flexibility index (Phi) is 3.43. The number of hydrogen-bond donors (Lipinski definition) is 0. The van der Waals surface area contributed by atoms with Crippen molar-refractivity contribution >= 4 is 5.91 Å². The fourth-order valence-corrected chi connectivity index (χ4v) is 1.52. The molecule has 0 saturated carbocycles. The molecule has 1 aromatic carbocycles. The van der Waals surface area contributed by atoms with Gasteiger partial charge >= 0.3 is 5.91 Å². The molecule has 5 heteroatoms. The molecule has 0 saturated heterocycles. The minimum Gasteiger partial charge on any atom is -0.431 e. The molecule has 94 valence electrons. The summed E-state index contributed by atoms with van der Waals surface area (Å²) >= 11 is 0. The van der Waals surface area contributed by atoms with Crippen LogP contribution in [0.25, 0.3) is 11.5 Å². The van der Waals surface area contributed by atoms with E-state index in [1.54, 1.807) is 6.92 Å². The van der Waals surface area contributed by atoms with E-state index < -0.39 is 0 Å². The molecule has 0 aliphatic rings. The number of carbonyl (C=O) groups excluding carboxylic acids is 1. The van der Waals surface area contributed by atoms with Gasteiger partial charge in [-0.05, 0) is 19.1 Å². The van der Waals surface area contributed by atoms with Crippen molar-refractivity contribution in [3.8, 4) is 11.5 Å². The van der Waals surface area contributed by atoms with E-state index in [4.69, 9.17) is 9.25 Å². The van der Waals surface area contributed by atoms with E-state index in [9.17, 15) is 4.79 Å². The lowest BCUT2D eigenvalue weighted by Crippen LogP contribution is -2.25. The van der Waals surface area contributed by atoms with E-state index in [2.05, 4.69) is 4.98 Å². The summed E-state index contributed by atoms with van der Waals surface area (Å²) in [4.78, 5) is 21.0. The third-order valence-corrected chi connectivity index (χ3v) is 2.57. The van der Waals surface area contributed by atoms with Crippen molar-refractivity contribution in [1.29, 1.82) is 0 Å². The summed E-state index contributed by atoms with van der Waals surface area (Å²) in [6.07, 6.45) is 0. The molecule has 0 radical (unpaired) electrons. The largest absolute Gasteiger partial charge is 0.431 e. The van der Waals surface area contributed by atoms with Crippen molar-refractivity contribution in [3.05, 3.63) is 41.8 Å². The van der Waals surface area contributed by atoms with E-state index in [1.165, 1.54) is 14.2 Å². The Bertz CT molecular complexity index is 549. The second kappa shape index (κ2) is 5.01. The Hall–Kier alpha value is -2.14. The lowest BCUT2D eigenvalue weighted by atomic mass is 10.2. The van der Waals surface area contributed by atoms with E-state index >= 15 is 0 Å². The standard InChI is InChI=1S/C13H14N2O3/c1-9-11(13(16)15(2)17-3)18-12(14-9)10-7-5-4-6-8-10/h4-8H,1-3H3. The van der Waals surface area contributed by atoms with Crippen molar-refractivity contribution < 1.29 is 14.0 Å². The number of amides is 1. The number of hydrogen-bond acceptors (Lipinski definition) is 4. The lowest BCUT2D eigenvalue weighted by molar-refractivity contribution is -0.0773. The van der Waals surface area contributed by atoms with Gasteiger partial charge in [0.25, 0.3) is 0 Å². The van der Waals surface area contributed by atoms with Crippen LogP contribution in [0.2, 0.25) is 0 Å². The molecular formula is C13H14N2O3. The maximum absolute atomic E-state index is 11.9. The van der Waals surface area contributed by atoms with E-state index in [-0.39, 0.29) is 11.7 Å². The van der Waals surface area contributed by atoms with Gasteiger partial charge in [0.15, 0.2) is 0 Å². The Labute approximate surface area is 105 Å². The van der Waals surface area contributed by atoms with Crippen LogP contribution in [0, 0.1) is 6.92 Å². The van der Waals surface area contributed by atoms with E-state index in [0.717, 1.165) is 10.6 Å². The maximum atomic E-state index is 11.9. The molecule has 0 bridgehead atoms. The quantitative estimate of drug-likeness (QED) is 0.780. The summed E-state index contributed by atoms with van der Waals surface area (Å²) in [6.45, 7) is 1.73. The predicted octanol–water partition coefficient (Wildman–Crippen LogP) is 2.28. The van der Waals surface area contributed by atoms with Crippen LogP contribution in [0.4, 0.5) is 0 Å². The van der Waals surface area contributed by atoms with Crippen molar-refractivity contribution in [2.45, 2.75) is 6.92 Å². The van der Waals surface area contributed by atoms with Crippen molar-refractivity contribution in [1.82, 2.24) is 10.0 Å². The first-order valence-corrected chi connectivity index (χ1v) is 5.48. The topological polar surface area (TPSA) is 55.6 Å². The lowest BCUT2D eigenvalue weighted by Gasteiger charge is -2.11. The number of carbonyl (C=O) groups is 1. The summed E-state index contributed by atoms with van der Waals surface area (Å²) < 4.78 is 5.50. The van der Waals surface area contributed by atoms with Crippen molar-refractivity contribution in [3.63, 3.8) is 0 Å². The number of nitrogens with zero attached hydrogens (tertiary/aromatic N) is 2. The van der Waals surface area contributed by atoms with Gasteiger partial charge in [0.2, 0.25) is 11.7 Å². The molecule has 2 aromatic rings. The zero-order chi connectivity index (χ0) is 13.1. The SMILES string of the molecule is CON(C)C(=O)c1oc(-c2ccccc2)nc1C. The van der Waals surface area contributed by atoms with Crippen LogP contribution in [0.5, 0.6) is 0 Å². The maximum Gasteiger partial charge on any atom is 0.314 e. The summed E-state index contributed by atoms with van der Waals surface area (Å²) in [7, 11) is 2.94. The van der Waals surface area contributed by atoms with Gasteiger partial charge in [0.05, 0.1) is 12.8 Å². The monoisotopic (exact) mass is 246 g/mol. The zero-order valence-electron chi connectivity index (χ0n) is 10.5. The first kappa shape index (κ1) is 12.3. The molecule has 1 amide bonds. The molecule has 2 rings (SSSR count). The smallest absolute Gasteiger partial charge is 0.314 e. The Balaban J connectivity index is 2.36. The highest BCUT2D eigenvalue weighted by Gasteiger charge is 2.21. The Morgan fingerprint density at radius 3 is 2.61 bits per heavy atom. The third kappa shape index (κ3) is 2.26. The van der Waals surface area contributed by atoms with Crippen molar-refractivity contribution in [2.24, 2.45) is 0 Å². The normalized spacial score (nSPS) is 10.4. The third-order valence-electron chi connectivity index (χ3n) is 2.57. The van der Waals surface area contributed by atoms with Crippen molar-refractivity contribution in [2.75, 3.05) is 14.2 Å². The van der Waals surface area contributed by atoms with Crippen LogP contribution in [0.3, 0.4) is 0 Å². The van der Waals surface area contributed by atoms with Gasteiger partial charge in [-0.25, -0.2) is 10.0 Å². The van der Waals surface area contributed by atoms with Crippen LogP contribution in [-0.4, -0.2) is 30.1 Å². The number of benzene rings is 1. The number of aromatic nitrogens is 1.